The number of pyridine rings is 2. The first-order chi connectivity index (χ1) is 43.3. The van der Waals surface area contributed by atoms with Crippen LogP contribution in [0.3, 0.4) is 0 Å². The van der Waals surface area contributed by atoms with E-state index in [-0.39, 0.29) is 11.1 Å². The number of hydrogen-bond acceptors (Lipinski definition) is 16. The van der Waals surface area contributed by atoms with Gasteiger partial charge >= 0.3 is 35.8 Å². The minimum atomic E-state index is -1.26. The largest absolute Gasteiger partial charge is 0.478 e. The van der Waals surface area contributed by atoms with Gasteiger partial charge in [-0.05, 0) is 123 Å². The van der Waals surface area contributed by atoms with Gasteiger partial charge in [0.2, 0.25) is 0 Å². The minimum absolute atomic E-state index is 0.0564. The number of thiophene rings is 2. The van der Waals surface area contributed by atoms with Gasteiger partial charge in [0.1, 0.15) is 22.9 Å². The number of nitrogens with zero attached hydrogens (tertiary/aromatic N) is 10. The summed E-state index contributed by atoms with van der Waals surface area (Å²) in [7, 11) is 0. The van der Waals surface area contributed by atoms with E-state index in [1.54, 1.807) is 43.9 Å². The van der Waals surface area contributed by atoms with Crippen molar-refractivity contribution in [3.8, 4) is 0 Å². The van der Waals surface area contributed by atoms with Crippen molar-refractivity contribution in [2.24, 2.45) is 0 Å². The Morgan fingerprint density at radius 3 is 1.17 bits per heavy atom. The normalized spacial score (nSPS) is 14.4. The number of hydrogen-bond donors (Lipinski definition) is 6. The number of aliphatic carboxylic acids is 6. The van der Waals surface area contributed by atoms with Crippen LogP contribution in [-0.2, 0) is 41.6 Å². The zero-order chi connectivity index (χ0) is 64.4. The summed E-state index contributed by atoms with van der Waals surface area (Å²) < 4.78 is 7.57. The summed E-state index contributed by atoms with van der Waals surface area (Å²) in [6, 6.07) is 15.7. The van der Waals surface area contributed by atoms with Crippen molar-refractivity contribution in [3.05, 3.63) is 220 Å². The van der Waals surface area contributed by atoms with Crippen LogP contribution < -0.4 is 11.1 Å². The molecule has 0 atom stereocenters. The van der Waals surface area contributed by atoms with Crippen molar-refractivity contribution in [2.45, 2.75) is 52.4 Å². The summed E-state index contributed by atoms with van der Waals surface area (Å²) in [5.74, 6) is -5.46. The Bertz CT molecular complexity index is 3890. The summed E-state index contributed by atoms with van der Waals surface area (Å²) in [6.07, 6.45) is 28.9. The Balaban J connectivity index is 0.000000171. The number of fused-ring (bicyclic) bond motifs is 6. The van der Waals surface area contributed by atoms with E-state index in [0.717, 1.165) is 112 Å². The average Bonchev–Trinajstić information content (AvgIpc) is 1.56. The fraction of sp³-hybridized carbons (Fsp3) is 0.219. The zero-order valence-electron chi connectivity index (χ0n) is 48.7. The number of imidazole rings is 2. The maximum Gasteiger partial charge on any atom is 0.328 e. The highest BCUT2D eigenvalue weighted by atomic mass is 32.1. The van der Waals surface area contributed by atoms with E-state index in [1.807, 2.05) is 75.0 Å². The highest BCUT2D eigenvalue weighted by molar-refractivity contribution is 7.11. The molecule has 4 aliphatic rings. The molecule has 0 radical (unpaired) electrons. The lowest BCUT2D eigenvalue weighted by Gasteiger charge is -2.29. The summed E-state index contributed by atoms with van der Waals surface area (Å²) in [5, 5.41) is 51.2. The van der Waals surface area contributed by atoms with Crippen molar-refractivity contribution in [3.63, 3.8) is 0 Å². The molecule has 2 fully saturated rings. The number of likely N-dealkylation sites (tertiary alicyclic amines) is 2. The molecule has 4 aliphatic heterocycles. The Hall–Kier alpha value is -10.5. The molecule has 24 nitrogen and oxygen atoms in total. The standard InChI is InChI=1S/2C26H25N5OS.3C4H4O4/c2*1-18-21(26(32)31-11-3-2-4-22(31)28-18)8-14-29-12-5-19(6-13-29)23-24-20(9-17-33-24)7-15-30-16-10-27-25(23)30;3*5-3(6)1-2-4(7)8/h2*2-4,7,9-11,15-17H,5-6,8,12-14H2,1H3;3*1-2H,(H,5,6)(H,7,8). The molecule has 2 saturated heterocycles. The van der Waals surface area contributed by atoms with Crippen molar-refractivity contribution < 1.29 is 59.4 Å². The molecule has 6 N–H and O–H groups in total. The van der Waals surface area contributed by atoms with Crippen molar-refractivity contribution in [1.29, 1.82) is 0 Å². The average molecular weight is 1260 g/mol. The van der Waals surface area contributed by atoms with E-state index in [4.69, 9.17) is 40.6 Å². The summed E-state index contributed by atoms with van der Waals surface area (Å²) in [6.45, 7) is 9.63. The molecule has 12 heterocycles. The molecule has 0 bridgehead atoms. The third-order valence-corrected chi connectivity index (χ3v) is 16.5. The lowest BCUT2D eigenvalue weighted by Crippen LogP contribution is -2.34. The lowest BCUT2D eigenvalue weighted by molar-refractivity contribution is -0.134. The predicted molar refractivity (Wildman–Crippen MR) is 340 cm³/mol. The van der Waals surface area contributed by atoms with E-state index < -0.39 is 35.8 Å². The Kier molecular flexibility index (Phi) is 22.5. The first-order valence-corrected chi connectivity index (χ1v) is 29.8. The Morgan fingerprint density at radius 1 is 0.489 bits per heavy atom. The number of carboxylic acid groups (broad SMARTS) is 6. The van der Waals surface area contributed by atoms with Gasteiger partial charge in [-0.3, -0.25) is 18.4 Å². The van der Waals surface area contributed by atoms with Crippen LogP contribution in [0.2, 0.25) is 0 Å². The maximum absolute atomic E-state index is 13.0. The van der Waals surface area contributed by atoms with Crippen LogP contribution in [0.5, 0.6) is 0 Å². The van der Waals surface area contributed by atoms with E-state index in [1.165, 1.54) is 43.2 Å². The van der Waals surface area contributed by atoms with Crippen molar-refractivity contribution in [1.82, 2.24) is 47.7 Å². The molecule has 8 aromatic rings. The number of rotatable bonds is 12. The quantitative estimate of drug-likeness (QED) is 0.0635. The van der Waals surface area contributed by atoms with Crippen LogP contribution in [0, 0.1) is 13.8 Å². The number of carboxylic acids is 6. The maximum atomic E-state index is 13.0. The van der Waals surface area contributed by atoms with E-state index in [0.29, 0.717) is 47.8 Å². The Labute approximate surface area is 521 Å². The highest BCUT2D eigenvalue weighted by Gasteiger charge is 2.27. The van der Waals surface area contributed by atoms with Crippen molar-refractivity contribution >= 4 is 105 Å². The number of aryl methyl sites for hydroxylation is 2. The molecule has 0 amide bonds. The molecule has 90 heavy (non-hydrogen) atoms. The van der Waals surface area contributed by atoms with Crippen LogP contribution >= 0.6 is 22.7 Å². The molecule has 0 aliphatic carbocycles. The number of aromatic nitrogens is 8. The number of carbonyl (C=O) groups is 6. The van der Waals surface area contributed by atoms with Gasteiger partial charge in [-0.1, -0.05) is 23.3 Å². The summed E-state index contributed by atoms with van der Waals surface area (Å²) >= 11 is 3.60. The molecule has 8 aromatic heterocycles. The fourth-order valence-electron chi connectivity index (χ4n) is 10.3. The molecule has 464 valence electrons. The molecular formula is C64H62N10O14S2. The van der Waals surface area contributed by atoms with Gasteiger partial charge in [-0.25, -0.2) is 48.7 Å². The third-order valence-electron chi connectivity index (χ3n) is 14.6. The molecule has 0 aromatic carbocycles. The monoisotopic (exact) mass is 1260 g/mol. The van der Waals surface area contributed by atoms with Crippen LogP contribution in [-0.4, -0.2) is 153 Å². The van der Waals surface area contributed by atoms with E-state index in [2.05, 4.69) is 76.3 Å². The lowest BCUT2D eigenvalue weighted by atomic mass is 9.95. The topological polar surface area (TPSA) is 335 Å². The molecule has 0 unspecified atom stereocenters. The molecule has 0 saturated carbocycles. The number of piperidine rings is 2. The van der Waals surface area contributed by atoms with Gasteiger partial charge in [0.05, 0.1) is 0 Å². The van der Waals surface area contributed by atoms with Crippen LogP contribution in [0.1, 0.15) is 80.7 Å². The van der Waals surface area contributed by atoms with E-state index in [9.17, 15) is 38.4 Å². The predicted octanol–water partition coefficient (Wildman–Crippen LogP) is 7.82. The molecular weight excluding hydrogens is 1200 g/mol. The first kappa shape index (κ1) is 65.4. The summed E-state index contributed by atoms with van der Waals surface area (Å²) in [4.78, 5) is 110. The molecule has 26 heteroatoms. The smallest absolute Gasteiger partial charge is 0.328 e. The minimum Gasteiger partial charge on any atom is -0.478 e. The van der Waals surface area contributed by atoms with Gasteiger partial charge < -0.3 is 49.6 Å². The SMILES string of the molecule is Cc1nc2ccccn2c(=O)c1CCN1CCC(=C2c3sccc3C=Cn3ccnc32)CC1.Cc1nc2ccccn2c(=O)c1CCN1CCC(=C2c3sccc3C=Cn3ccnc32)CC1.O=C(O)C=CC(=O)O.O=C(O)C=CC(=O)O.O=C(O)C=CC(=O)O. The second-order valence-corrected chi connectivity index (χ2v) is 22.2. The Morgan fingerprint density at radius 2 is 0.833 bits per heavy atom. The van der Waals surface area contributed by atoms with Gasteiger partial charge in [0.15, 0.2) is 0 Å². The zero-order valence-corrected chi connectivity index (χ0v) is 50.4. The van der Waals surface area contributed by atoms with Crippen LogP contribution in [0.25, 0.3) is 47.0 Å². The van der Waals surface area contributed by atoms with Gasteiger partial charge in [-0.15, -0.1) is 22.7 Å². The van der Waals surface area contributed by atoms with Gasteiger partial charge in [-0.2, -0.15) is 0 Å². The molecule has 12 rings (SSSR count). The summed E-state index contributed by atoms with van der Waals surface area (Å²) in [5.41, 5.74) is 13.0. The fourth-order valence-corrected chi connectivity index (χ4v) is 12.3. The van der Waals surface area contributed by atoms with Gasteiger partial charge in [0.25, 0.3) is 11.1 Å². The highest BCUT2D eigenvalue weighted by Crippen LogP contribution is 2.40. The van der Waals surface area contributed by atoms with Crippen molar-refractivity contribution in [2.75, 3.05) is 39.3 Å². The van der Waals surface area contributed by atoms with Crippen LogP contribution in [0.4, 0.5) is 0 Å². The van der Waals surface area contributed by atoms with Gasteiger partial charge in [0, 0.05) is 169 Å². The second kappa shape index (κ2) is 30.9. The second-order valence-electron chi connectivity index (χ2n) is 20.3. The van der Waals surface area contributed by atoms with Crippen LogP contribution in [0.15, 0.2) is 154 Å². The molecule has 0 spiro atoms. The third kappa shape index (κ3) is 17.2. The van der Waals surface area contributed by atoms with E-state index >= 15 is 0 Å². The first-order valence-electron chi connectivity index (χ1n) is 28.1.